The molecule has 0 radical (unpaired) electrons. The second kappa shape index (κ2) is 13.0. The van der Waals surface area contributed by atoms with Gasteiger partial charge in [-0.15, -0.1) is 11.8 Å². The summed E-state index contributed by atoms with van der Waals surface area (Å²) in [7, 11) is 0. The van der Waals surface area contributed by atoms with Gasteiger partial charge < -0.3 is 5.11 Å². The van der Waals surface area contributed by atoms with Gasteiger partial charge in [-0.2, -0.15) is 0 Å². The minimum Gasteiger partial charge on any atom is -0.389 e. The third-order valence-electron chi connectivity index (χ3n) is 8.03. The highest BCUT2D eigenvalue weighted by atomic mass is 32.2. The van der Waals surface area contributed by atoms with Crippen LogP contribution in [0.15, 0.2) is 127 Å². The van der Waals surface area contributed by atoms with E-state index in [1.54, 1.807) is 22.7 Å². The van der Waals surface area contributed by atoms with E-state index in [1.165, 1.54) is 27.8 Å². The number of hydrogen-bond donors (Lipinski definition) is 1. The molecule has 4 aromatic rings. The lowest BCUT2D eigenvalue weighted by atomic mass is 9.84. The van der Waals surface area contributed by atoms with Gasteiger partial charge >= 0.3 is 0 Å². The molecule has 1 heterocycles. The fourth-order valence-corrected chi connectivity index (χ4v) is 9.46. The number of benzene rings is 4. The van der Waals surface area contributed by atoms with Crippen molar-refractivity contribution in [2.45, 2.75) is 41.4 Å². The Hall–Kier alpha value is -3.16. The SMILES string of the molecule is O=C(C[C@@H](O)/C=C/CCSC(c1ccccc1)(c1ccccc1)c1ccccc1)N1C(=S)S[C@H]2Cc3ccccc3[C@H]21. The molecular weight excluding hydrogens is 575 g/mol. The van der Waals surface area contributed by atoms with E-state index in [-0.39, 0.29) is 28.4 Å². The maximum atomic E-state index is 13.3. The number of carbonyl (C=O) groups is 1. The fourth-order valence-electron chi connectivity index (χ4n) is 6.15. The largest absolute Gasteiger partial charge is 0.389 e. The Labute approximate surface area is 262 Å². The molecule has 212 valence electrons. The maximum Gasteiger partial charge on any atom is 0.231 e. The molecule has 3 atom stereocenters. The summed E-state index contributed by atoms with van der Waals surface area (Å²) >= 11 is 9.10. The molecule has 0 spiro atoms. The first-order chi connectivity index (χ1) is 20.6. The van der Waals surface area contributed by atoms with Crippen LogP contribution in [0.5, 0.6) is 0 Å². The summed E-state index contributed by atoms with van der Waals surface area (Å²) in [5.74, 6) is 0.725. The summed E-state index contributed by atoms with van der Waals surface area (Å²) < 4.78 is 0.250. The predicted octanol–water partition coefficient (Wildman–Crippen LogP) is 7.94. The molecule has 2 aliphatic rings. The molecule has 6 rings (SSSR count). The van der Waals surface area contributed by atoms with Crippen LogP contribution in [0.4, 0.5) is 0 Å². The number of carbonyl (C=O) groups excluding carboxylic acids is 1. The normalized spacial score (nSPS) is 18.7. The third kappa shape index (κ3) is 5.73. The number of fused-ring (bicyclic) bond motifs is 3. The van der Waals surface area contributed by atoms with Crippen molar-refractivity contribution in [3.05, 3.63) is 155 Å². The van der Waals surface area contributed by atoms with E-state index >= 15 is 0 Å². The van der Waals surface area contributed by atoms with Gasteiger partial charge in [-0.25, -0.2) is 0 Å². The molecule has 1 saturated heterocycles. The highest BCUT2D eigenvalue weighted by Crippen LogP contribution is 2.50. The first kappa shape index (κ1) is 28.9. The van der Waals surface area contributed by atoms with Crippen molar-refractivity contribution in [3.8, 4) is 0 Å². The van der Waals surface area contributed by atoms with E-state index in [0.717, 1.165) is 18.6 Å². The molecule has 0 unspecified atom stereocenters. The Morgan fingerprint density at radius 3 is 2.05 bits per heavy atom. The second-order valence-electron chi connectivity index (χ2n) is 10.6. The van der Waals surface area contributed by atoms with Crippen LogP contribution in [0.2, 0.25) is 0 Å². The Morgan fingerprint density at radius 1 is 0.905 bits per heavy atom. The molecule has 1 fully saturated rings. The van der Waals surface area contributed by atoms with Crippen LogP contribution in [0, 0.1) is 0 Å². The van der Waals surface area contributed by atoms with Crippen molar-refractivity contribution < 1.29 is 9.90 Å². The van der Waals surface area contributed by atoms with Crippen LogP contribution in [0.3, 0.4) is 0 Å². The monoisotopic (exact) mass is 607 g/mol. The number of amides is 1. The van der Waals surface area contributed by atoms with Gasteiger partial charge in [-0.05, 0) is 46.4 Å². The number of aliphatic hydroxyl groups is 1. The number of allylic oxidation sites excluding steroid dienone is 1. The molecule has 1 aliphatic carbocycles. The van der Waals surface area contributed by atoms with Crippen molar-refractivity contribution >= 4 is 46.0 Å². The zero-order valence-electron chi connectivity index (χ0n) is 23.2. The maximum absolute atomic E-state index is 13.3. The van der Waals surface area contributed by atoms with Gasteiger partial charge in [0.1, 0.15) is 4.32 Å². The number of rotatable bonds is 10. The van der Waals surface area contributed by atoms with Crippen LogP contribution in [-0.2, 0) is 16.0 Å². The number of thioether (sulfide) groups is 2. The first-order valence-electron chi connectivity index (χ1n) is 14.3. The summed E-state index contributed by atoms with van der Waals surface area (Å²) in [6.45, 7) is 0. The Balaban J connectivity index is 1.13. The first-order valence-corrected chi connectivity index (χ1v) is 16.6. The van der Waals surface area contributed by atoms with Crippen LogP contribution in [0.1, 0.15) is 46.7 Å². The molecule has 1 N–H and O–H groups in total. The van der Waals surface area contributed by atoms with Crippen molar-refractivity contribution in [2.75, 3.05) is 5.75 Å². The van der Waals surface area contributed by atoms with E-state index in [0.29, 0.717) is 4.32 Å². The molecule has 42 heavy (non-hydrogen) atoms. The number of thiocarbonyl (C=S) groups is 1. The standard InChI is InChI=1S/C36H33NO2S3/c38-30(25-33(39)37-34-31-22-11-10-14-26(31)24-32(34)42-35(37)40)21-12-13-23-41-36(27-15-4-1-5-16-27,28-17-6-2-7-18-28)29-19-8-3-9-20-29/h1-12,14-22,30,32,34,38H,13,23-25H2/b21-12+/t30-,32-,34+/m0/s1. The zero-order valence-corrected chi connectivity index (χ0v) is 25.7. The lowest BCUT2D eigenvalue weighted by Crippen LogP contribution is -2.35. The minimum absolute atomic E-state index is 0.0255. The Bertz CT molecular complexity index is 1460. The average Bonchev–Trinajstić information content (AvgIpc) is 3.54. The van der Waals surface area contributed by atoms with Crippen LogP contribution < -0.4 is 0 Å². The predicted molar refractivity (Wildman–Crippen MR) is 180 cm³/mol. The number of nitrogens with zero attached hydrogens (tertiary/aromatic N) is 1. The van der Waals surface area contributed by atoms with E-state index in [1.807, 2.05) is 30.0 Å². The van der Waals surface area contributed by atoms with Crippen molar-refractivity contribution in [3.63, 3.8) is 0 Å². The van der Waals surface area contributed by atoms with Gasteiger partial charge in [0.25, 0.3) is 0 Å². The molecule has 0 aromatic heterocycles. The summed E-state index contributed by atoms with van der Waals surface area (Å²) in [6, 6.07) is 40.2. The topological polar surface area (TPSA) is 40.5 Å². The molecule has 1 amide bonds. The number of aliphatic hydroxyl groups excluding tert-OH is 1. The van der Waals surface area contributed by atoms with Crippen LogP contribution in [-0.4, -0.2) is 37.3 Å². The zero-order chi connectivity index (χ0) is 28.9. The van der Waals surface area contributed by atoms with E-state index in [9.17, 15) is 9.90 Å². The average molecular weight is 608 g/mol. The molecule has 4 aromatic carbocycles. The third-order valence-corrected chi connectivity index (χ3v) is 11.2. The number of hydrogen-bond acceptors (Lipinski definition) is 5. The smallest absolute Gasteiger partial charge is 0.231 e. The molecule has 0 saturated carbocycles. The molecule has 0 bridgehead atoms. The van der Waals surface area contributed by atoms with Gasteiger partial charge in [0.2, 0.25) is 5.91 Å². The van der Waals surface area contributed by atoms with Crippen LogP contribution >= 0.6 is 35.7 Å². The highest BCUT2D eigenvalue weighted by Gasteiger charge is 2.47. The summed E-state index contributed by atoms with van der Waals surface area (Å²) in [4.78, 5) is 15.1. The van der Waals surface area contributed by atoms with Crippen molar-refractivity contribution in [1.82, 2.24) is 4.90 Å². The molecule has 6 heteroatoms. The molecular formula is C36H33NO2S3. The van der Waals surface area contributed by atoms with Crippen molar-refractivity contribution in [2.24, 2.45) is 0 Å². The minimum atomic E-state index is -0.854. The summed E-state index contributed by atoms with van der Waals surface area (Å²) in [6.07, 6.45) is 4.62. The van der Waals surface area contributed by atoms with E-state index in [4.69, 9.17) is 12.2 Å². The quantitative estimate of drug-likeness (QED) is 0.0858. The van der Waals surface area contributed by atoms with Gasteiger partial charge in [-0.3, -0.25) is 9.69 Å². The van der Waals surface area contributed by atoms with E-state index in [2.05, 4.69) is 103 Å². The summed E-state index contributed by atoms with van der Waals surface area (Å²) in [5, 5.41) is 11.1. The Morgan fingerprint density at radius 2 is 1.45 bits per heavy atom. The van der Waals surface area contributed by atoms with Crippen LogP contribution in [0.25, 0.3) is 0 Å². The van der Waals surface area contributed by atoms with Crippen molar-refractivity contribution in [1.29, 1.82) is 0 Å². The lowest BCUT2D eigenvalue weighted by Gasteiger charge is -2.35. The fraction of sp³-hybridized carbons (Fsp3) is 0.222. The second-order valence-corrected chi connectivity index (χ2v) is 13.8. The van der Waals surface area contributed by atoms with E-state index < -0.39 is 6.10 Å². The molecule has 1 aliphatic heterocycles. The molecule has 3 nitrogen and oxygen atoms in total. The van der Waals surface area contributed by atoms with Gasteiger partial charge in [-0.1, -0.05) is 151 Å². The van der Waals surface area contributed by atoms with Gasteiger partial charge in [0.15, 0.2) is 0 Å². The van der Waals surface area contributed by atoms with Gasteiger partial charge in [0, 0.05) is 5.25 Å². The van der Waals surface area contributed by atoms with Gasteiger partial charge in [0.05, 0.1) is 23.3 Å². The Kier molecular flexibility index (Phi) is 8.96. The lowest BCUT2D eigenvalue weighted by molar-refractivity contribution is -0.130. The highest BCUT2D eigenvalue weighted by molar-refractivity contribution is 8.23. The summed E-state index contributed by atoms with van der Waals surface area (Å²) in [5.41, 5.74) is 6.16.